The van der Waals surface area contributed by atoms with Crippen molar-refractivity contribution in [1.29, 1.82) is 0 Å². The van der Waals surface area contributed by atoms with Gasteiger partial charge in [-0.3, -0.25) is 9.48 Å². The molecule has 2 aromatic heterocycles. The summed E-state index contributed by atoms with van der Waals surface area (Å²) in [4.78, 5) is 13.9. The number of piperidine rings is 1. The number of rotatable bonds is 4. The molecule has 1 amide bonds. The summed E-state index contributed by atoms with van der Waals surface area (Å²) in [5.41, 5.74) is 1.85. The predicted octanol–water partition coefficient (Wildman–Crippen LogP) is 2.04. The van der Waals surface area contributed by atoms with Crippen molar-refractivity contribution < 1.29 is 18.4 Å². The van der Waals surface area contributed by atoms with Crippen molar-refractivity contribution in [2.24, 2.45) is 0 Å². The van der Waals surface area contributed by atoms with Gasteiger partial charge in [-0.25, -0.2) is 4.39 Å². The lowest BCUT2D eigenvalue weighted by atomic mass is 9.92. The maximum absolute atomic E-state index is 14.1. The van der Waals surface area contributed by atoms with Gasteiger partial charge in [-0.15, -0.1) is 0 Å². The van der Waals surface area contributed by atoms with Crippen molar-refractivity contribution >= 4 is 5.91 Å². The number of ether oxygens (including phenoxy) is 1. The molecule has 0 radical (unpaired) electrons. The van der Waals surface area contributed by atoms with Crippen molar-refractivity contribution in [1.82, 2.24) is 25.2 Å². The van der Waals surface area contributed by atoms with Crippen LogP contribution in [0.25, 0.3) is 0 Å². The lowest BCUT2D eigenvalue weighted by Gasteiger charge is -2.32. The van der Waals surface area contributed by atoms with Gasteiger partial charge in [0.2, 0.25) is 0 Å². The average Bonchev–Trinajstić information content (AvgIpc) is 3.15. The first kappa shape index (κ1) is 18.5. The van der Waals surface area contributed by atoms with Crippen LogP contribution in [0.2, 0.25) is 0 Å². The molecule has 3 aliphatic heterocycles. The molecule has 6 rings (SSSR count). The van der Waals surface area contributed by atoms with Crippen LogP contribution in [0.1, 0.15) is 66.4 Å². The van der Waals surface area contributed by atoms with Crippen LogP contribution in [-0.4, -0.2) is 57.7 Å². The lowest BCUT2D eigenvalue weighted by molar-refractivity contribution is -0.139. The van der Waals surface area contributed by atoms with Gasteiger partial charge in [-0.05, 0) is 25.7 Å². The largest absolute Gasteiger partial charge is 0.377 e. The number of likely N-dealkylation sites (tertiary alicyclic amines) is 1. The zero-order chi connectivity index (χ0) is 20.3. The highest BCUT2D eigenvalue weighted by atomic mass is 19.1. The molecule has 3 fully saturated rings. The minimum atomic E-state index is -1.57. The number of carbonyl (C=O) groups is 1. The molecule has 1 atom stereocenters. The van der Waals surface area contributed by atoms with Gasteiger partial charge in [0.05, 0.1) is 37.2 Å². The van der Waals surface area contributed by atoms with Gasteiger partial charge in [0.25, 0.3) is 5.91 Å². The summed E-state index contributed by atoms with van der Waals surface area (Å²) in [7, 11) is 0. The third-order valence-corrected chi connectivity index (χ3v) is 7.05. The van der Waals surface area contributed by atoms with E-state index in [9.17, 15) is 9.18 Å². The van der Waals surface area contributed by atoms with E-state index < -0.39 is 5.67 Å². The van der Waals surface area contributed by atoms with Gasteiger partial charge in [0.1, 0.15) is 0 Å². The normalized spacial score (nSPS) is 26.3. The number of halogens is 1. The molecular weight excluding hydrogens is 389 g/mol. The molecule has 1 unspecified atom stereocenters. The summed E-state index contributed by atoms with van der Waals surface area (Å²) in [5, 5.41) is 12.4. The fourth-order valence-electron chi connectivity index (χ4n) is 4.82. The molecule has 160 valence electrons. The zero-order valence-electron chi connectivity index (χ0n) is 16.8. The molecule has 9 heteroatoms. The van der Waals surface area contributed by atoms with Crippen molar-refractivity contribution in [3.05, 3.63) is 35.0 Å². The first-order chi connectivity index (χ1) is 14.6. The van der Waals surface area contributed by atoms with Gasteiger partial charge >= 0.3 is 0 Å². The Bertz CT molecular complexity index is 956. The molecule has 2 saturated heterocycles. The lowest BCUT2D eigenvalue weighted by Crippen LogP contribution is -2.43. The molecule has 0 spiro atoms. The summed E-state index contributed by atoms with van der Waals surface area (Å²) in [6, 6.07) is 2.46. The van der Waals surface area contributed by atoms with Crippen LogP contribution < -0.4 is 5.32 Å². The van der Waals surface area contributed by atoms with E-state index in [1.54, 1.807) is 4.90 Å². The average molecular weight is 415 g/mol. The molecule has 2 aromatic rings. The fraction of sp³-hybridized carbons (Fsp3) is 0.667. The van der Waals surface area contributed by atoms with Crippen molar-refractivity contribution in [3.63, 3.8) is 0 Å². The second kappa shape index (κ2) is 6.88. The first-order valence-corrected chi connectivity index (χ1v) is 10.9. The minimum absolute atomic E-state index is 0.0677. The Morgan fingerprint density at radius 3 is 2.77 bits per heavy atom. The first-order valence-electron chi connectivity index (χ1n) is 10.9. The van der Waals surface area contributed by atoms with E-state index in [1.807, 2.05) is 6.20 Å². The third kappa shape index (κ3) is 3.06. The van der Waals surface area contributed by atoms with Crippen LogP contribution in [0.3, 0.4) is 0 Å². The van der Waals surface area contributed by atoms with E-state index in [2.05, 4.69) is 26.3 Å². The molecule has 1 N–H and O–H groups in total. The molecular formula is C21H26FN5O3. The number of aromatic nitrogens is 3. The van der Waals surface area contributed by atoms with E-state index in [-0.39, 0.29) is 17.9 Å². The highest BCUT2D eigenvalue weighted by Gasteiger charge is 2.53. The fourth-order valence-corrected chi connectivity index (χ4v) is 4.82. The Kier molecular flexibility index (Phi) is 4.24. The predicted molar refractivity (Wildman–Crippen MR) is 103 cm³/mol. The summed E-state index contributed by atoms with van der Waals surface area (Å²) in [5.74, 6) is 0.767. The van der Waals surface area contributed by atoms with Crippen LogP contribution in [0.5, 0.6) is 0 Å². The standard InChI is InChI=1S/C21H26FN5O3/c22-21(3-4-21)20(28)26-5-1-13(2-6-26)16-8-19(30-25-16)17-7-18-14(9-23-17)10-24-27(18)15-11-29-12-15/h8,10,13,15,17,23H,1-7,9,11-12H2. The quantitative estimate of drug-likeness (QED) is 0.823. The summed E-state index contributed by atoms with van der Waals surface area (Å²) < 4.78 is 27.2. The van der Waals surface area contributed by atoms with Crippen LogP contribution in [0, 0.1) is 0 Å². The van der Waals surface area contributed by atoms with Gasteiger partial charge in [0, 0.05) is 49.3 Å². The number of carbonyl (C=O) groups excluding carboxylic acids is 1. The van der Waals surface area contributed by atoms with Crippen LogP contribution in [-0.2, 0) is 22.5 Å². The van der Waals surface area contributed by atoms with Crippen LogP contribution in [0.15, 0.2) is 16.8 Å². The molecule has 5 heterocycles. The van der Waals surface area contributed by atoms with E-state index in [4.69, 9.17) is 9.26 Å². The maximum Gasteiger partial charge on any atom is 0.260 e. The minimum Gasteiger partial charge on any atom is -0.377 e. The maximum atomic E-state index is 14.1. The Morgan fingerprint density at radius 2 is 2.07 bits per heavy atom. The molecule has 1 saturated carbocycles. The third-order valence-electron chi connectivity index (χ3n) is 7.05. The summed E-state index contributed by atoms with van der Waals surface area (Å²) in [6.45, 7) is 3.39. The zero-order valence-corrected chi connectivity index (χ0v) is 16.8. The molecule has 1 aliphatic carbocycles. The molecule has 8 nitrogen and oxygen atoms in total. The van der Waals surface area contributed by atoms with Crippen LogP contribution >= 0.6 is 0 Å². The van der Waals surface area contributed by atoms with Gasteiger partial charge < -0.3 is 19.5 Å². The smallest absolute Gasteiger partial charge is 0.260 e. The van der Waals surface area contributed by atoms with E-state index in [0.717, 1.165) is 50.5 Å². The monoisotopic (exact) mass is 415 g/mol. The highest BCUT2D eigenvalue weighted by molar-refractivity contribution is 5.88. The molecule has 0 bridgehead atoms. The Hall–Kier alpha value is -2.26. The van der Waals surface area contributed by atoms with Crippen LogP contribution in [0.4, 0.5) is 4.39 Å². The Balaban J connectivity index is 1.11. The van der Waals surface area contributed by atoms with Gasteiger partial charge in [0.15, 0.2) is 11.4 Å². The van der Waals surface area contributed by atoms with Crippen molar-refractivity contribution in [2.75, 3.05) is 26.3 Å². The summed E-state index contributed by atoms with van der Waals surface area (Å²) >= 11 is 0. The SMILES string of the molecule is O=C(N1CCC(c2cc(C3Cc4c(cnn4C4COC4)CN3)on2)CC1)C1(F)CC1. The van der Waals surface area contributed by atoms with Gasteiger partial charge in [-0.2, -0.15) is 5.10 Å². The van der Waals surface area contributed by atoms with E-state index >= 15 is 0 Å². The topological polar surface area (TPSA) is 85.4 Å². The number of nitrogens with one attached hydrogen (secondary N) is 1. The second-order valence-electron chi connectivity index (χ2n) is 9.08. The van der Waals surface area contributed by atoms with Crippen molar-refractivity contribution in [3.8, 4) is 0 Å². The van der Waals surface area contributed by atoms with E-state index in [0.29, 0.717) is 32.0 Å². The molecule has 0 aromatic carbocycles. The number of hydrogen-bond acceptors (Lipinski definition) is 6. The highest BCUT2D eigenvalue weighted by Crippen LogP contribution is 2.42. The summed E-state index contributed by atoms with van der Waals surface area (Å²) in [6.07, 6.45) is 5.10. The van der Waals surface area contributed by atoms with E-state index in [1.165, 1.54) is 11.3 Å². The number of nitrogens with zero attached hydrogens (tertiary/aromatic N) is 4. The van der Waals surface area contributed by atoms with Crippen molar-refractivity contribution in [2.45, 2.75) is 62.3 Å². The Morgan fingerprint density at radius 1 is 1.27 bits per heavy atom. The van der Waals surface area contributed by atoms with Gasteiger partial charge in [-0.1, -0.05) is 5.16 Å². The second-order valence-corrected chi connectivity index (χ2v) is 9.08. The number of hydrogen-bond donors (Lipinski definition) is 1. The number of alkyl halides is 1. The number of fused-ring (bicyclic) bond motifs is 1. The Labute approximate surface area is 173 Å². The number of amides is 1. The molecule has 30 heavy (non-hydrogen) atoms. The molecule has 4 aliphatic rings.